The van der Waals surface area contributed by atoms with E-state index in [0.717, 1.165) is 43.0 Å². The molecule has 11 heteroatoms. The fraction of sp³-hybridized carbons (Fsp3) is 0.483. The molecule has 3 fully saturated rings. The molecule has 1 spiro atoms. The Morgan fingerprint density at radius 2 is 1.73 bits per heavy atom. The quantitative estimate of drug-likeness (QED) is 0.348. The first-order valence-electron chi connectivity index (χ1n) is 13.6. The lowest BCUT2D eigenvalue weighted by atomic mass is 9.48. The second-order valence-electron chi connectivity index (χ2n) is 11.5. The second-order valence-corrected chi connectivity index (χ2v) is 12.0. The number of carboxylic acids is 2. The molecule has 2 aliphatic heterocycles. The number of aliphatic carboxylic acids is 2. The Morgan fingerprint density at radius 3 is 2.38 bits per heavy atom. The Balaban J connectivity index is 0.000000438. The highest BCUT2D eigenvalue weighted by atomic mass is 35.5. The second kappa shape index (κ2) is 9.64. The molecule has 2 aromatic rings. The number of piperidine rings is 1. The molecule has 7 rings (SSSR count). The van der Waals surface area contributed by atoms with Gasteiger partial charge in [0.2, 0.25) is 0 Å². The Morgan fingerprint density at radius 1 is 1.02 bits per heavy atom. The molecule has 5 aliphatic rings. The summed E-state index contributed by atoms with van der Waals surface area (Å²) in [5, 5.41) is 41.8. The SMILES string of the molecule is O=C(NC1CCC2(O)C3Cc4ccc(O)c5c4C2(CCN3CC2CC2)C1O5)c1ccc(Cl)cc1.O=C(O)C(=O)O. The molecule has 0 radical (unpaired) electrons. The number of aliphatic hydroxyl groups is 1. The van der Waals surface area contributed by atoms with E-state index in [1.54, 1.807) is 30.3 Å². The monoisotopic (exact) mass is 570 g/mol. The number of carbonyl (C=O) groups excluding carboxylic acids is 1. The fourth-order valence-corrected chi connectivity index (χ4v) is 7.61. The zero-order valence-corrected chi connectivity index (χ0v) is 22.4. The Kier molecular flexibility index (Phi) is 6.47. The molecular formula is C29H31ClN2O8. The number of benzene rings is 2. The molecule has 40 heavy (non-hydrogen) atoms. The van der Waals surface area contributed by atoms with Crippen molar-refractivity contribution in [2.24, 2.45) is 5.92 Å². The summed E-state index contributed by atoms with van der Waals surface area (Å²) in [6.07, 6.45) is 4.89. The first kappa shape index (κ1) is 26.9. The van der Waals surface area contributed by atoms with E-state index in [1.807, 2.05) is 6.07 Å². The minimum absolute atomic E-state index is 0.0314. The van der Waals surface area contributed by atoms with Gasteiger partial charge in [0.15, 0.2) is 11.5 Å². The van der Waals surface area contributed by atoms with Gasteiger partial charge in [-0.2, -0.15) is 0 Å². The number of phenols is 1. The largest absolute Gasteiger partial charge is 0.504 e. The number of carbonyl (C=O) groups is 3. The van der Waals surface area contributed by atoms with Crippen LogP contribution in [0.15, 0.2) is 36.4 Å². The van der Waals surface area contributed by atoms with Gasteiger partial charge in [-0.1, -0.05) is 17.7 Å². The van der Waals surface area contributed by atoms with Gasteiger partial charge in [-0.3, -0.25) is 9.69 Å². The summed E-state index contributed by atoms with van der Waals surface area (Å²) in [6.45, 7) is 1.95. The molecule has 1 saturated heterocycles. The van der Waals surface area contributed by atoms with Gasteiger partial charge < -0.3 is 30.5 Å². The molecule has 5 unspecified atom stereocenters. The summed E-state index contributed by atoms with van der Waals surface area (Å²) in [4.78, 5) is 33.8. The van der Waals surface area contributed by atoms with Gasteiger partial charge in [0, 0.05) is 28.7 Å². The molecule has 0 aromatic heterocycles. The molecule has 2 heterocycles. The summed E-state index contributed by atoms with van der Waals surface area (Å²) in [5.74, 6) is -2.45. The Hall–Kier alpha value is -3.34. The lowest BCUT2D eigenvalue weighted by Gasteiger charge is -2.64. The zero-order valence-electron chi connectivity index (χ0n) is 21.7. The zero-order chi connectivity index (χ0) is 28.4. The number of phenolic OH excluding ortho intramolecular Hbond substituents is 1. The normalized spacial score (nSPS) is 31.2. The number of amides is 1. The summed E-state index contributed by atoms with van der Waals surface area (Å²) in [6, 6.07) is 10.3. The average molecular weight is 571 g/mol. The van der Waals surface area contributed by atoms with Crippen LogP contribution < -0.4 is 10.1 Å². The maximum absolute atomic E-state index is 13.1. The summed E-state index contributed by atoms with van der Waals surface area (Å²) in [7, 11) is 0. The van der Waals surface area contributed by atoms with Crippen molar-refractivity contribution < 1.29 is 39.5 Å². The third kappa shape index (κ3) is 4.12. The maximum atomic E-state index is 13.1. The van der Waals surface area contributed by atoms with Crippen LogP contribution in [0.2, 0.25) is 5.02 Å². The number of nitrogens with one attached hydrogen (secondary N) is 1. The lowest BCUT2D eigenvalue weighted by molar-refractivity contribution is -0.191. The Bertz CT molecular complexity index is 1370. The van der Waals surface area contributed by atoms with Crippen LogP contribution >= 0.6 is 11.6 Å². The predicted octanol–water partition coefficient (Wildman–Crippen LogP) is 2.56. The number of hydrogen-bond donors (Lipinski definition) is 5. The van der Waals surface area contributed by atoms with Crippen molar-refractivity contribution in [2.75, 3.05) is 13.1 Å². The van der Waals surface area contributed by atoms with Crippen LogP contribution in [-0.2, 0) is 21.4 Å². The topological polar surface area (TPSA) is 157 Å². The van der Waals surface area contributed by atoms with Crippen molar-refractivity contribution in [1.82, 2.24) is 10.2 Å². The first-order chi connectivity index (χ1) is 19.0. The predicted molar refractivity (Wildman–Crippen MR) is 143 cm³/mol. The Labute approximate surface area is 235 Å². The van der Waals surface area contributed by atoms with Crippen molar-refractivity contribution in [3.63, 3.8) is 0 Å². The number of nitrogens with zero attached hydrogens (tertiary/aromatic N) is 1. The first-order valence-corrected chi connectivity index (χ1v) is 13.9. The molecule has 2 saturated carbocycles. The molecule has 5 N–H and O–H groups in total. The van der Waals surface area contributed by atoms with E-state index in [0.29, 0.717) is 29.2 Å². The lowest BCUT2D eigenvalue weighted by Crippen LogP contribution is -2.78. The molecular weight excluding hydrogens is 540 g/mol. The van der Waals surface area contributed by atoms with Crippen molar-refractivity contribution in [3.8, 4) is 11.5 Å². The highest BCUT2D eigenvalue weighted by molar-refractivity contribution is 6.30. The number of likely N-dealkylation sites (tertiary alicyclic amines) is 1. The summed E-state index contributed by atoms with van der Waals surface area (Å²) < 4.78 is 6.51. The third-order valence-corrected chi connectivity index (χ3v) is 9.62. The van der Waals surface area contributed by atoms with Gasteiger partial charge in [-0.25, -0.2) is 9.59 Å². The number of hydrogen-bond acceptors (Lipinski definition) is 7. The standard InChI is InChI=1S/C27H29ClN2O4.C2H2O4/c28-18-6-3-16(4-7-18)25(32)29-19-9-10-27(33)21-13-17-5-8-20(31)23-22(17)26(27,24(19)34-23)11-12-30(21)14-15-1-2-15;3-1(4)2(5)6/h3-8,15,19,21,24,31,33H,1-2,9-14H2,(H,29,32);(H,3,4)(H,5,6). The van der Waals surface area contributed by atoms with Crippen LogP contribution in [0.4, 0.5) is 0 Å². The number of carboxylic acid groups (broad SMARTS) is 2. The number of rotatable bonds is 4. The van der Waals surface area contributed by atoms with E-state index < -0.39 is 29.1 Å². The smallest absolute Gasteiger partial charge is 0.414 e. The van der Waals surface area contributed by atoms with Crippen molar-refractivity contribution in [1.29, 1.82) is 0 Å². The fourth-order valence-electron chi connectivity index (χ4n) is 7.48. The van der Waals surface area contributed by atoms with E-state index in [1.165, 1.54) is 12.8 Å². The average Bonchev–Trinajstić information content (AvgIpc) is 3.66. The van der Waals surface area contributed by atoms with Crippen LogP contribution in [-0.4, -0.2) is 80.1 Å². The number of aromatic hydroxyl groups is 1. The van der Waals surface area contributed by atoms with E-state index in [4.69, 9.17) is 36.1 Å². The van der Waals surface area contributed by atoms with Gasteiger partial charge in [-0.15, -0.1) is 0 Å². The molecule has 2 bridgehead atoms. The van der Waals surface area contributed by atoms with Crippen LogP contribution in [0.5, 0.6) is 11.5 Å². The van der Waals surface area contributed by atoms with Crippen LogP contribution in [0, 0.1) is 5.92 Å². The van der Waals surface area contributed by atoms with Gasteiger partial charge in [0.1, 0.15) is 6.10 Å². The van der Waals surface area contributed by atoms with Crippen molar-refractivity contribution in [2.45, 2.75) is 67.7 Å². The van der Waals surface area contributed by atoms with Crippen molar-refractivity contribution >= 4 is 29.4 Å². The van der Waals surface area contributed by atoms with E-state index >= 15 is 0 Å². The third-order valence-electron chi connectivity index (χ3n) is 9.37. The molecule has 10 nitrogen and oxygen atoms in total. The van der Waals surface area contributed by atoms with Crippen LogP contribution in [0.3, 0.4) is 0 Å². The highest BCUT2D eigenvalue weighted by Gasteiger charge is 2.73. The molecule has 2 aromatic carbocycles. The molecule has 5 atom stereocenters. The van der Waals surface area contributed by atoms with Gasteiger partial charge in [0.25, 0.3) is 5.91 Å². The van der Waals surface area contributed by atoms with Crippen LogP contribution in [0.25, 0.3) is 0 Å². The molecule has 212 valence electrons. The van der Waals surface area contributed by atoms with Gasteiger partial charge in [-0.05, 0) is 86.9 Å². The van der Waals surface area contributed by atoms with E-state index in [-0.39, 0.29) is 23.7 Å². The van der Waals surface area contributed by atoms with Gasteiger partial charge in [0.05, 0.1) is 17.1 Å². The minimum atomic E-state index is -1.82. The summed E-state index contributed by atoms with van der Waals surface area (Å²) >= 11 is 6.00. The minimum Gasteiger partial charge on any atom is -0.504 e. The summed E-state index contributed by atoms with van der Waals surface area (Å²) in [5.41, 5.74) is 1.11. The van der Waals surface area contributed by atoms with E-state index in [9.17, 15) is 15.0 Å². The number of halogens is 1. The number of ether oxygens (including phenoxy) is 1. The van der Waals surface area contributed by atoms with Crippen molar-refractivity contribution in [3.05, 3.63) is 58.1 Å². The molecule has 1 amide bonds. The van der Waals surface area contributed by atoms with Crippen LogP contribution in [0.1, 0.15) is 53.6 Å². The molecule has 3 aliphatic carbocycles. The van der Waals surface area contributed by atoms with Gasteiger partial charge >= 0.3 is 11.9 Å². The van der Waals surface area contributed by atoms with E-state index in [2.05, 4.69) is 10.2 Å². The highest BCUT2D eigenvalue weighted by Crippen LogP contribution is 2.65. The maximum Gasteiger partial charge on any atom is 0.414 e.